The smallest absolute Gasteiger partial charge is 0.0910 e. The predicted octanol–water partition coefficient (Wildman–Crippen LogP) is 0.627. The number of aliphatic hydroxyl groups is 1. The summed E-state index contributed by atoms with van der Waals surface area (Å²) in [5.74, 6) is 0. The van der Waals surface area contributed by atoms with Gasteiger partial charge >= 0.3 is 0 Å². The molecule has 0 fully saturated rings. The van der Waals surface area contributed by atoms with E-state index in [1.54, 1.807) is 10.9 Å². The van der Waals surface area contributed by atoms with E-state index in [2.05, 4.69) is 17.3 Å². The van der Waals surface area contributed by atoms with Crippen molar-refractivity contribution in [1.82, 2.24) is 15.1 Å². The van der Waals surface area contributed by atoms with Gasteiger partial charge in [-0.05, 0) is 26.4 Å². The first kappa shape index (κ1) is 11.2. The molecule has 0 radical (unpaired) electrons. The number of rotatable bonds is 5. The quantitative estimate of drug-likeness (QED) is 0.681. The Labute approximate surface area is 84.9 Å². The number of hydrogen-bond acceptors (Lipinski definition) is 3. The minimum absolute atomic E-state index is 0.701. The van der Waals surface area contributed by atoms with Crippen molar-refractivity contribution in [3.63, 3.8) is 0 Å². The first-order valence-electron chi connectivity index (χ1n) is 4.98. The molecule has 1 atom stereocenters. The highest BCUT2D eigenvalue weighted by Gasteiger charge is 2.23. The number of aromatic nitrogens is 2. The third kappa shape index (κ3) is 2.82. The Kier molecular flexibility index (Phi) is 3.66. The van der Waals surface area contributed by atoms with E-state index in [0.29, 0.717) is 6.42 Å². The molecule has 0 spiro atoms. The van der Waals surface area contributed by atoms with Gasteiger partial charge in [-0.3, -0.25) is 4.68 Å². The van der Waals surface area contributed by atoms with Crippen LogP contribution in [0, 0.1) is 0 Å². The Morgan fingerprint density at radius 2 is 2.36 bits per heavy atom. The summed E-state index contributed by atoms with van der Waals surface area (Å²) in [6.45, 7) is 5.63. The van der Waals surface area contributed by atoms with Crippen LogP contribution in [0.2, 0.25) is 0 Å². The van der Waals surface area contributed by atoms with Crippen molar-refractivity contribution in [2.24, 2.45) is 7.05 Å². The second-order valence-electron chi connectivity index (χ2n) is 3.78. The maximum atomic E-state index is 10.1. The molecule has 0 bridgehead atoms. The molecule has 0 aliphatic heterocycles. The van der Waals surface area contributed by atoms with Gasteiger partial charge in [0.05, 0.1) is 11.8 Å². The number of nitrogens with one attached hydrogen (secondary N) is 1. The Morgan fingerprint density at radius 3 is 2.86 bits per heavy atom. The first-order valence-corrected chi connectivity index (χ1v) is 4.98. The van der Waals surface area contributed by atoms with E-state index in [9.17, 15) is 5.11 Å². The van der Waals surface area contributed by atoms with Crippen molar-refractivity contribution in [3.05, 3.63) is 18.0 Å². The molecule has 80 valence electrons. The number of aryl methyl sites for hydroxylation is 1. The molecule has 0 amide bonds. The van der Waals surface area contributed by atoms with Crippen LogP contribution in [0.5, 0.6) is 0 Å². The molecule has 4 nitrogen and oxygen atoms in total. The fraction of sp³-hybridized carbons (Fsp3) is 0.700. The van der Waals surface area contributed by atoms with Crippen LogP contribution < -0.4 is 5.32 Å². The molecule has 1 aromatic rings. The zero-order valence-corrected chi connectivity index (χ0v) is 9.12. The average molecular weight is 197 g/mol. The molecular formula is C10H19N3O. The maximum Gasteiger partial charge on any atom is 0.0910 e. The van der Waals surface area contributed by atoms with Crippen LogP contribution in [0.15, 0.2) is 12.4 Å². The molecule has 1 aromatic heterocycles. The molecule has 4 heteroatoms. The van der Waals surface area contributed by atoms with E-state index in [0.717, 1.165) is 18.7 Å². The summed E-state index contributed by atoms with van der Waals surface area (Å²) < 4.78 is 1.71. The van der Waals surface area contributed by atoms with E-state index in [1.807, 2.05) is 20.2 Å². The molecular weight excluding hydrogens is 178 g/mol. The number of nitrogens with zero attached hydrogens (tertiary/aromatic N) is 2. The van der Waals surface area contributed by atoms with Gasteiger partial charge in [0.2, 0.25) is 0 Å². The molecule has 1 rings (SSSR count). The summed E-state index contributed by atoms with van der Waals surface area (Å²) in [6, 6.07) is 0. The summed E-state index contributed by atoms with van der Waals surface area (Å²) in [5, 5.41) is 17.4. The van der Waals surface area contributed by atoms with Crippen LogP contribution in [0.3, 0.4) is 0 Å². The highest BCUT2D eigenvalue weighted by Crippen LogP contribution is 2.22. The Hall–Kier alpha value is -0.870. The van der Waals surface area contributed by atoms with Crippen molar-refractivity contribution in [3.8, 4) is 0 Å². The van der Waals surface area contributed by atoms with Gasteiger partial charge in [0.15, 0.2) is 0 Å². The van der Waals surface area contributed by atoms with Gasteiger partial charge in [0.1, 0.15) is 0 Å². The summed E-state index contributed by atoms with van der Waals surface area (Å²) in [4.78, 5) is 0. The Balaban J connectivity index is 2.56. The van der Waals surface area contributed by atoms with Crippen molar-refractivity contribution in [2.75, 3.05) is 13.1 Å². The SMILES string of the molecule is CCNCCC(C)(O)c1cnn(C)c1. The van der Waals surface area contributed by atoms with Crippen molar-refractivity contribution < 1.29 is 5.11 Å². The fourth-order valence-corrected chi connectivity index (χ4v) is 1.35. The monoisotopic (exact) mass is 197 g/mol. The third-order valence-electron chi connectivity index (χ3n) is 2.37. The van der Waals surface area contributed by atoms with Gasteiger partial charge in [-0.2, -0.15) is 5.10 Å². The predicted molar refractivity (Wildman–Crippen MR) is 55.9 cm³/mol. The lowest BCUT2D eigenvalue weighted by molar-refractivity contribution is 0.0481. The molecule has 0 aliphatic rings. The maximum absolute atomic E-state index is 10.1. The van der Waals surface area contributed by atoms with Gasteiger partial charge in [-0.15, -0.1) is 0 Å². The largest absolute Gasteiger partial charge is 0.385 e. The van der Waals surface area contributed by atoms with Crippen LogP contribution in [-0.4, -0.2) is 28.0 Å². The summed E-state index contributed by atoms with van der Waals surface area (Å²) in [7, 11) is 1.85. The van der Waals surface area contributed by atoms with E-state index in [-0.39, 0.29) is 0 Å². The van der Waals surface area contributed by atoms with Crippen LogP contribution in [0.4, 0.5) is 0 Å². The average Bonchev–Trinajstić information content (AvgIpc) is 2.53. The normalized spacial score (nSPS) is 15.4. The molecule has 1 unspecified atom stereocenters. The topological polar surface area (TPSA) is 50.1 Å². The van der Waals surface area contributed by atoms with E-state index >= 15 is 0 Å². The van der Waals surface area contributed by atoms with Crippen molar-refractivity contribution in [2.45, 2.75) is 25.9 Å². The molecule has 0 saturated heterocycles. The molecule has 0 aromatic carbocycles. The van der Waals surface area contributed by atoms with Crippen molar-refractivity contribution >= 4 is 0 Å². The minimum atomic E-state index is -0.781. The second-order valence-corrected chi connectivity index (χ2v) is 3.78. The van der Waals surface area contributed by atoms with E-state index < -0.39 is 5.60 Å². The molecule has 0 saturated carbocycles. The van der Waals surface area contributed by atoms with Crippen LogP contribution in [0.25, 0.3) is 0 Å². The summed E-state index contributed by atoms with van der Waals surface area (Å²) >= 11 is 0. The highest BCUT2D eigenvalue weighted by atomic mass is 16.3. The lowest BCUT2D eigenvalue weighted by Gasteiger charge is -2.21. The minimum Gasteiger partial charge on any atom is -0.385 e. The van der Waals surface area contributed by atoms with E-state index in [4.69, 9.17) is 0 Å². The molecule has 14 heavy (non-hydrogen) atoms. The standard InChI is InChI=1S/C10H19N3O/c1-4-11-6-5-10(2,14)9-7-12-13(3)8-9/h7-8,11,14H,4-6H2,1-3H3. The highest BCUT2D eigenvalue weighted by molar-refractivity contribution is 5.13. The number of hydrogen-bond donors (Lipinski definition) is 2. The van der Waals surface area contributed by atoms with Gasteiger partial charge in [-0.25, -0.2) is 0 Å². The molecule has 2 N–H and O–H groups in total. The fourth-order valence-electron chi connectivity index (χ4n) is 1.35. The van der Waals surface area contributed by atoms with Crippen LogP contribution >= 0.6 is 0 Å². The first-order chi connectivity index (χ1) is 6.56. The molecule has 0 aliphatic carbocycles. The van der Waals surface area contributed by atoms with Crippen LogP contribution in [-0.2, 0) is 12.6 Å². The van der Waals surface area contributed by atoms with Crippen molar-refractivity contribution in [1.29, 1.82) is 0 Å². The third-order valence-corrected chi connectivity index (χ3v) is 2.37. The molecule has 1 heterocycles. The zero-order chi connectivity index (χ0) is 10.6. The van der Waals surface area contributed by atoms with Gasteiger partial charge < -0.3 is 10.4 Å². The lowest BCUT2D eigenvalue weighted by Crippen LogP contribution is -2.27. The van der Waals surface area contributed by atoms with Gasteiger partial charge in [-0.1, -0.05) is 6.92 Å². The summed E-state index contributed by atoms with van der Waals surface area (Å²) in [5.41, 5.74) is 0.0917. The summed E-state index contributed by atoms with van der Waals surface area (Å²) in [6.07, 6.45) is 4.27. The van der Waals surface area contributed by atoms with Gasteiger partial charge in [0, 0.05) is 18.8 Å². The zero-order valence-electron chi connectivity index (χ0n) is 9.12. The second kappa shape index (κ2) is 4.57. The van der Waals surface area contributed by atoms with E-state index in [1.165, 1.54) is 0 Å². The Bertz CT molecular complexity index is 281. The lowest BCUT2D eigenvalue weighted by atomic mass is 9.95. The van der Waals surface area contributed by atoms with Gasteiger partial charge in [0.25, 0.3) is 0 Å². The van der Waals surface area contributed by atoms with Crippen LogP contribution in [0.1, 0.15) is 25.8 Å². The Morgan fingerprint density at radius 1 is 1.64 bits per heavy atom.